The zero-order valence-corrected chi connectivity index (χ0v) is 10.1. The van der Waals surface area contributed by atoms with Crippen molar-refractivity contribution in [2.45, 2.75) is 0 Å². The van der Waals surface area contributed by atoms with E-state index in [1.165, 1.54) is 0 Å². The first-order chi connectivity index (χ1) is 1.00. The predicted molar refractivity (Wildman–Crippen MR) is 5.85 cm³/mol. The van der Waals surface area contributed by atoms with Gasteiger partial charge >= 0.3 is 59.1 Å². The topological polar surface area (TPSA) is 23.1 Å². The summed E-state index contributed by atoms with van der Waals surface area (Å²) in [6.45, 7) is 0. The number of hydrogen-bond donors (Lipinski definition) is 0. The molecule has 0 bridgehead atoms. The molecule has 0 aliphatic rings. The Kier molecular flexibility index (Phi) is 138. The van der Waals surface area contributed by atoms with E-state index < -0.39 is 0 Å². The Bertz CT molecular complexity index is 9.61. The van der Waals surface area contributed by atoms with Crippen LogP contribution >= 0.6 is 11.9 Å². The van der Waals surface area contributed by atoms with Gasteiger partial charge in [0, 0.05) is 0 Å². The van der Waals surface area contributed by atoms with Crippen LogP contribution in [0.3, 0.4) is 0 Å². The van der Waals surface area contributed by atoms with E-state index in [-0.39, 0.29) is 83.1 Å². The van der Waals surface area contributed by atoms with Gasteiger partial charge < -0.3 is 28.6 Å². The van der Waals surface area contributed by atoms with Crippen molar-refractivity contribution in [2.24, 2.45) is 0 Å². The normalized spacial score (nSPS) is 1.20. The Labute approximate surface area is 97.6 Å². The van der Waals surface area contributed by atoms with E-state index in [1.807, 2.05) is 0 Å². The van der Waals surface area contributed by atoms with E-state index in [9.17, 15) is 0 Å². The molecule has 0 atom stereocenters. The van der Waals surface area contributed by atoms with Crippen LogP contribution in [0.25, 0.3) is 0 Å². The SMILES string of the molecule is [I-].[Na+].[Na+].[O-]Cl. The third-order valence-electron chi connectivity index (χ3n) is 0. The van der Waals surface area contributed by atoms with Gasteiger partial charge in [-0.3, -0.25) is 0 Å². The van der Waals surface area contributed by atoms with Crippen LogP contribution < -0.4 is 87.8 Å². The predicted octanol–water partition coefficient (Wildman–Crippen LogP) is -9.49. The van der Waals surface area contributed by atoms with Crippen LogP contribution in [0.4, 0.5) is 0 Å². The summed E-state index contributed by atoms with van der Waals surface area (Å²) < 4.78 is 7.72. The third-order valence-corrected chi connectivity index (χ3v) is 0. The van der Waals surface area contributed by atoms with Crippen LogP contribution in [0.1, 0.15) is 0 Å². The van der Waals surface area contributed by atoms with Gasteiger partial charge in [-0.1, -0.05) is 0 Å². The molecule has 1 nitrogen and oxygen atoms in total. The van der Waals surface area contributed by atoms with Gasteiger partial charge in [-0.15, -0.1) is 0 Å². The summed E-state index contributed by atoms with van der Waals surface area (Å²) in [5.41, 5.74) is 0. The van der Waals surface area contributed by atoms with Gasteiger partial charge in [-0.25, -0.2) is 11.9 Å². The van der Waals surface area contributed by atoms with Crippen LogP contribution in [-0.4, -0.2) is 0 Å². The van der Waals surface area contributed by atoms with E-state index in [4.69, 9.17) is 4.66 Å². The Morgan fingerprint density at radius 1 is 1.00 bits per heavy atom. The van der Waals surface area contributed by atoms with Crippen molar-refractivity contribution in [1.29, 1.82) is 0 Å². The quantitative estimate of drug-likeness (QED) is 0.296. The Hall–Kier alpha value is 2.98. The minimum absolute atomic E-state index is 0. The number of hydrogen-bond acceptors (Lipinski definition) is 1. The summed E-state index contributed by atoms with van der Waals surface area (Å²) in [6.07, 6.45) is 0. The summed E-state index contributed by atoms with van der Waals surface area (Å²) in [7, 11) is 0. The van der Waals surface area contributed by atoms with E-state index in [0.29, 0.717) is 0 Å². The van der Waals surface area contributed by atoms with Crippen molar-refractivity contribution in [1.82, 2.24) is 0 Å². The summed E-state index contributed by atoms with van der Waals surface area (Å²) in [6, 6.07) is 0. The first kappa shape index (κ1) is 24.5. The third kappa shape index (κ3) is 19.5. The average Bonchev–Trinajstić information content (AvgIpc) is 1.00. The Morgan fingerprint density at radius 3 is 1.00 bits per heavy atom. The second-order valence-corrected chi connectivity index (χ2v) is 0. The first-order valence-corrected chi connectivity index (χ1v) is 0.463. The maximum absolute atomic E-state index is 7.72. The molecular weight excluding hydrogens is 224 g/mol. The Morgan fingerprint density at radius 2 is 1.00 bits per heavy atom. The second-order valence-electron chi connectivity index (χ2n) is 0. The molecule has 0 aromatic heterocycles. The first-order valence-electron chi connectivity index (χ1n) is 0.154. The maximum Gasteiger partial charge on any atom is 1.00 e. The van der Waals surface area contributed by atoms with Crippen molar-refractivity contribution in [3.8, 4) is 0 Å². The van der Waals surface area contributed by atoms with Gasteiger partial charge in [-0.2, -0.15) is 0 Å². The van der Waals surface area contributed by atoms with Crippen LogP contribution in [0.15, 0.2) is 0 Å². The van der Waals surface area contributed by atoms with Gasteiger partial charge in [0.25, 0.3) is 0 Å². The van der Waals surface area contributed by atoms with E-state index >= 15 is 0 Å². The number of rotatable bonds is 0. The molecule has 0 rings (SSSR count). The van der Waals surface area contributed by atoms with Crippen LogP contribution in [0, 0.1) is 0 Å². The van der Waals surface area contributed by atoms with Crippen LogP contribution in [0.2, 0.25) is 0 Å². The van der Waals surface area contributed by atoms with Gasteiger partial charge in [0.15, 0.2) is 0 Å². The van der Waals surface area contributed by atoms with E-state index in [2.05, 4.69) is 11.9 Å². The average molecular weight is 224 g/mol. The smallest absolute Gasteiger partial charge is 1.00 e. The molecule has 0 aliphatic carbocycles. The fourth-order valence-corrected chi connectivity index (χ4v) is 0. The monoisotopic (exact) mass is 224 g/mol. The molecule has 5 heavy (non-hydrogen) atoms. The second kappa shape index (κ2) is 28.1. The molecule has 0 heterocycles. The van der Waals surface area contributed by atoms with Crippen molar-refractivity contribution < 1.29 is 87.8 Å². The molecule has 0 N–H and O–H groups in total. The van der Waals surface area contributed by atoms with Gasteiger partial charge in [0.2, 0.25) is 0 Å². The zero-order chi connectivity index (χ0) is 2.00. The molecular formula is ClINa2O. The van der Waals surface area contributed by atoms with Crippen molar-refractivity contribution in [3.63, 3.8) is 0 Å². The molecule has 0 aromatic rings. The minimum Gasteiger partial charge on any atom is -1.00 e. The minimum atomic E-state index is 0. The maximum atomic E-state index is 7.72. The summed E-state index contributed by atoms with van der Waals surface area (Å²) in [5, 5.41) is 0. The van der Waals surface area contributed by atoms with Crippen molar-refractivity contribution in [3.05, 3.63) is 0 Å². The zero-order valence-electron chi connectivity index (χ0n) is 3.16. The Balaban J connectivity index is -0.00000000167. The van der Waals surface area contributed by atoms with Gasteiger partial charge in [0.1, 0.15) is 0 Å². The van der Waals surface area contributed by atoms with Crippen LogP contribution in [-0.2, 0) is 0 Å². The molecule has 0 saturated heterocycles. The fraction of sp³-hybridized carbons (Fsp3) is 0. The summed E-state index contributed by atoms with van der Waals surface area (Å²) in [5.74, 6) is 0. The van der Waals surface area contributed by atoms with Crippen molar-refractivity contribution in [2.75, 3.05) is 0 Å². The van der Waals surface area contributed by atoms with Gasteiger partial charge in [0.05, 0.1) is 0 Å². The molecule has 0 fully saturated rings. The summed E-state index contributed by atoms with van der Waals surface area (Å²) in [4.78, 5) is 0. The molecule has 0 spiro atoms. The van der Waals surface area contributed by atoms with Gasteiger partial charge in [-0.05, 0) is 0 Å². The molecule has 0 amide bonds. The molecule has 0 saturated carbocycles. The van der Waals surface area contributed by atoms with Crippen LogP contribution in [0.5, 0.6) is 0 Å². The van der Waals surface area contributed by atoms with Crippen molar-refractivity contribution >= 4 is 11.9 Å². The number of halogens is 2. The largest absolute Gasteiger partial charge is 1.00 e. The standard InChI is InChI=1S/ClO.HI.2Na/c1-2;;;/h;1H;;/q-1;;2*+1/p-1. The molecule has 22 valence electrons. The fourth-order valence-electron chi connectivity index (χ4n) is 0. The molecule has 5 heteroatoms. The molecule has 0 aliphatic heterocycles. The molecule has 0 radical (unpaired) electrons. The summed E-state index contributed by atoms with van der Waals surface area (Å²) >= 11 is 3.39. The molecule has 0 aromatic carbocycles. The van der Waals surface area contributed by atoms with E-state index in [0.717, 1.165) is 0 Å². The van der Waals surface area contributed by atoms with E-state index in [1.54, 1.807) is 0 Å². The molecule has 0 unspecified atom stereocenters.